The van der Waals surface area contributed by atoms with Gasteiger partial charge in [-0.2, -0.15) is 4.98 Å². The summed E-state index contributed by atoms with van der Waals surface area (Å²) in [6.07, 6.45) is 1.15. The van der Waals surface area contributed by atoms with E-state index in [1.165, 1.54) is 36.4 Å². The van der Waals surface area contributed by atoms with Crippen LogP contribution in [-0.2, 0) is 20.8 Å². The molecule has 0 aliphatic carbocycles. The number of hydrogen-bond donors (Lipinski definition) is 4. The minimum Gasteiger partial charge on any atom is -0.388 e. The van der Waals surface area contributed by atoms with Crippen molar-refractivity contribution >= 4 is 22.9 Å². The van der Waals surface area contributed by atoms with Gasteiger partial charge in [0, 0.05) is 5.56 Å². The molecular weight excluding hydrogens is 464 g/mol. The zero-order valence-corrected chi connectivity index (χ0v) is 20.2. The fraction of sp³-hybridized carbons (Fsp3) is 0.440. The summed E-state index contributed by atoms with van der Waals surface area (Å²) in [6, 6.07) is 8.08. The van der Waals surface area contributed by atoms with Crippen molar-refractivity contribution in [1.82, 2.24) is 19.5 Å². The van der Waals surface area contributed by atoms with E-state index < -0.39 is 30.4 Å². The number of ether oxygens (including phenoxy) is 1. The van der Waals surface area contributed by atoms with Crippen LogP contribution in [0.4, 0.5) is 5.82 Å². The van der Waals surface area contributed by atoms with Crippen LogP contribution in [0.2, 0.25) is 0 Å². The number of carbonyl (C=O) groups is 1. The fourth-order valence-corrected chi connectivity index (χ4v) is 4.11. The van der Waals surface area contributed by atoms with E-state index in [4.69, 9.17) is 15.3 Å². The van der Waals surface area contributed by atoms with Gasteiger partial charge >= 0.3 is 0 Å². The molecule has 1 saturated heterocycles. The third-order valence-corrected chi connectivity index (χ3v) is 5.98. The lowest BCUT2D eigenvalue weighted by Gasteiger charge is -2.16. The van der Waals surface area contributed by atoms with Gasteiger partial charge < -0.3 is 20.7 Å². The molecule has 190 valence electrons. The smallest absolute Gasteiger partial charge is 0.220 e. The molecule has 0 unspecified atom stereocenters. The molecule has 2 aromatic heterocycles. The van der Waals surface area contributed by atoms with Crippen LogP contribution in [0.3, 0.4) is 0 Å². The average molecular weight is 495 g/mol. The molecule has 0 radical (unpaired) electrons. The molecule has 3 aromatic rings. The first-order valence-electron chi connectivity index (χ1n) is 11.9. The van der Waals surface area contributed by atoms with Crippen LogP contribution in [0.15, 0.2) is 30.6 Å². The molecule has 11 nitrogen and oxygen atoms in total. The normalized spacial score (nSPS) is 21.3. The van der Waals surface area contributed by atoms with E-state index in [1.54, 1.807) is 0 Å². The Hall–Kier alpha value is -3.56. The summed E-state index contributed by atoms with van der Waals surface area (Å²) in [5.74, 6) is 5.85. The first-order valence-corrected chi connectivity index (χ1v) is 11.9. The molecule has 36 heavy (non-hydrogen) atoms. The summed E-state index contributed by atoms with van der Waals surface area (Å²) in [5.41, 5.74) is 10.6. The number of fused-ring (bicyclic) bond motifs is 1. The lowest BCUT2D eigenvalue weighted by Crippen LogP contribution is -2.33. The number of primary amides is 1. The molecule has 0 spiro atoms. The van der Waals surface area contributed by atoms with Crippen LogP contribution in [0.5, 0.6) is 0 Å². The highest BCUT2D eigenvalue weighted by Gasteiger charge is 2.44. The van der Waals surface area contributed by atoms with Crippen LogP contribution >= 0.6 is 0 Å². The molecule has 1 fully saturated rings. The molecule has 1 aliphatic rings. The third-order valence-electron chi connectivity index (χ3n) is 5.98. The Morgan fingerprint density at radius 3 is 2.67 bits per heavy atom. The summed E-state index contributed by atoms with van der Waals surface area (Å²) in [6.45, 7) is 2.19. The maximum Gasteiger partial charge on any atom is 0.220 e. The van der Waals surface area contributed by atoms with E-state index in [0.717, 1.165) is 18.4 Å². The number of nitrogens with one attached hydrogen (secondary N) is 1. The second kappa shape index (κ2) is 11.5. The predicted molar refractivity (Wildman–Crippen MR) is 131 cm³/mol. The van der Waals surface area contributed by atoms with Gasteiger partial charge in [-0.05, 0) is 36.5 Å². The van der Waals surface area contributed by atoms with Gasteiger partial charge in [-0.3, -0.25) is 14.2 Å². The second-order valence-electron chi connectivity index (χ2n) is 8.65. The molecule has 0 bridgehead atoms. The van der Waals surface area contributed by atoms with Crippen molar-refractivity contribution < 1.29 is 24.6 Å². The van der Waals surface area contributed by atoms with Crippen molar-refractivity contribution in [2.75, 3.05) is 12.6 Å². The van der Waals surface area contributed by atoms with Crippen molar-refractivity contribution in [2.45, 2.75) is 63.6 Å². The van der Waals surface area contributed by atoms with Gasteiger partial charge in [-0.25, -0.2) is 15.4 Å². The maximum absolute atomic E-state index is 11.3. The zero-order chi connectivity index (χ0) is 25.7. The number of hydrogen-bond acceptors (Lipinski definition) is 9. The van der Waals surface area contributed by atoms with Gasteiger partial charge in [-0.15, -0.1) is 0 Å². The van der Waals surface area contributed by atoms with E-state index >= 15 is 0 Å². The number of amides is 1. The van der Waals surface area contributed by atoms with Gasteiger partial charge in [0.05, 0.1) is 26.0 Å². The number of carbonyl (C=O) groups excluding carboxylic acids is 1. The van der Waals surface area contributed by atoms with E-state index in [2.05, 4.69) is 51.3 Å². The highest BCUT2D eigenvalue weighted by molar-refractivity contribution is 5.83. The Morgan fingerprint density at radius 2 is 1.97 bits per heavy atom. The molecule has 3 heterocycles. The monoisotopic (exact) mass is 494 g/mol. The molecule has 1 amide bonds. The van der Waals surface area contributed by atoms with E-state index in [0.29, 0.717) is 11.2 Å². The number of aliphatic hydroxyl groups is 2. The van der Waals surface area contributed by atoms with Crippen LogP contribution < -0.4 is 11.2 Å². The van der Waals surface area contributed by atoms with Crippen LogP contribution in [0.25, 0.3) is 11.2 Å². The van der Waals surface area contributed by atoms with Gasteiger partial charge in [-0.1, -0.05) is 37.8 Å². The number of anilines is 1. The Balaban J connectivity index is 1.63. The minimum absolute atomic E-state index is 0.192. The molecule has 4 atom stereocenters. The number of aryl methyl sites for hydroxylation is 1. The summed E-state index contributed by atoms with van der Waals surface area (Å²) in [5, 5.41) is 20.9. The Kier molecular flexibility index (Phi) is 8.12. The first-order chi connectivity index (χ1) is 17.4. The van der Waals surface area contributed by atoms with Gasteiger partial charge in [0.25, 0.3) is 0 Å². The van der Waals surface area contributed by atoms with Crippen molar-refractivity contribution in [1.29, 1.82) is 0 Å². The lowest BCUT2D eigenvalue weighted by molar-refractivity contribution is -0.122. The number of nitrogens with zero attached hydrogens (tertiary/aromatic N) is 4. The highest BCUT2D eigenvalue weighted by atomic mass is 16.6. The maximum atomic E-state index is 11.3. The Bertz CT molecular complexity index is 1270. The molecule has 5 N–H and O–H groups in total. The number of aliphatic hydroxyl groups excluding tert-OH is 2. The lowest BCUT2D eigenvalue weighted by atomic mass is 10.1. The summed E-state index contributed by atoms with van der Waals surface area (Å²) < 4.78 is 7.20. The second-order valence-corrected chi connectivity index (χ2v) is 8.65. The van der Waals surface area contributed by atoms with Crippen molar-refractivity contribution in [2.24, 2.45) is 5.73 Å². The topological polar surface area (TPSA) is 158 Å². The van der Waals surface area contributed by atoms with Crippen LogP contribution in [0.1, 0.15) is 55.8 Å². The van der Waals surface area contributed by atoms with Crippen LogP contribution in [-0.4, -0.2) is 61.1 Å². The number of rotatable bonds is 9. The number of imidazole rings is 1. The Morgan fingerprint density at radius 1 is 1.19 bits per heavy atom. The zero-order valence-electron chi connectivity index (χ0n) is 20.2. The summed E-state index contributed by atoms with van der Waals surface area (Å²) in [7, 11) is 1.44. The third kappa shape index (κ3) is 5.63. The molecule has 0 saturated carbocycles. The average Bonchev–Trinajstić information content (AvgIpc) is 3.40. The van der Waals surface area contributed by atoms with E-state index in [1.807, 2.05) is 12.1 Å². The molecule has 11 heteroatoms. The highest BCUT2D eigenvalue weighted by Crippen LogP contribution is 2.33. The Labute approximate surface area is 208 Å². The van der Waals surface area contributed by atoms with Crippen LogP contribution in [0, 0.1) is 11.8 Å². The molecule has 1 aliphatic heterocycles. The number of benzene rings is 1. The molecule has 1 aromatic carbocycles. The summed E-state index contributed by atoms with van der Waals surface area (Å²) in [4.78, 5) is 29.6. The number of nitrogens with two attached hydrogens (primary N) is 1. The number of aromatic nitrogens is 4. The van der Waals surface area contributed by atoms with Crippen molar-refractivity contribution in [3.05, 3.63) is 47.5 Å². The van der Waals surface area contributed by atoms with E-state index in [-0.39, 0.29) is 18.1 Å². The minimum atomic E-state index is -1.33. The van der Waals surface area contributed by atoms with Crippen molar-refractivity contribution in [3.63, 3.8) is 0 Å². The summed E-state index contributed by atoms with van der Waals surface area (Å²) >= 11 is 0. The number of unbranched alkanes of at least 4 members (excludes halogenated alkanes) is 2. The standard InChI is InChI=1S/C25H30N6O5/c1-3-4-5-6-15-7-9-16(10-8-15)11-12-19-28-23(30-35-2)20-24(29-19)31(14-27-20)25-22(34)21(33)17(36-25)13-18(26)32/h7-10,14,17,21-22,25,33-34H,3-6,13H2,1-2H3,(H2,26,32)(H,28,29,30)/t17-,21+,22+,25+/m0/s1. The van der Waals surface area contributed by atoms with Crippen molar-refractivity contribution in [3.8, 4) is 11.8 Å². The molecular formula is C25H30N6O5. The quantitative estimate of drug-likeness (QED) is 0.196. The molecule has 4 rings (SSSR count). The SMILES string of the molecule is CCCCCc1ccc(C#Cc2nc(NOC)c3ncn([C@@H]4O[C@@H](CC(N)=O)[C@@H](O)[C@H]4O)c3n2)cc1. The largest absolute Gasteiger partial charge is 0.388 e. The van der Waals surface area contributed by atoms with Gasteiger partial charge in [0.1, 0.15) is 12.2 Å². The van der Waals surface area contributed by atoms with Gasteiger partial charge in [0.2, 0.25) is 11.7 Å². The first kappa shape index (κ1) is 25.5. The van der Waals surface area contributed by atoms with Gasteiger partial charge in [0.15, 0.2) is 23.2 Å². The predicted octanol–water partition coefficient (Wildman–Crippen LogP) is 1.43. The van der Waals surface area contributed by atoms with E-state index in [9.17, 15) is 15.0 Å². The fourth-order valence-electron chi connectivity index (χ4n) is 4.11.